The molecule has 1 aromatic heterocycles. The Labute approximate surface area is 224 Å². The number of carbonyl (C=O) groups is 2. The van der Waals surface area contributed by atoms with E-state index in [0.717, 1.165) is 44.2 Å². The molecule has 4 atom stereocenters. The normalized spacial score (nSPS) is 35.8. The lowest BCUT2D eigenvalue weighted by Gasteiger charge is -2.55. The van der Waals surface area contributed by atoms with Crippen LogP contribution in [0.5, 0.6) is 0 Å². The van der Waals surface area contributed by atoms with E-state index < -0.39 is 11.0 Å². The van der Waals surface area contributed by atoms with E-state index >= 15 is 0 Å². The lowest BCUT2D eigenvalue weighted by atomic mass is 9.64. The number of aliphatic hydroxyl groups is 1. The van der Waals surface area contributed by atoms with Gasteiger partial charge in [0.05, 0.1) is 23.2 Å². The van der Waals surface area contributed by atoms with Gasteiger partial charge in [-0.05, 0) is 62.3 Å². The second kappa shape index (κ2) is 8.65. The molecule has 8 heteroatoms. The topological polar surface area (TPSA) is 94.9 Å². The number of piperidine rings is 1. The Morgan fingerprint density at radius 2 is 1.95 bits per heavy atom. The molecule has 7 rings (SSSR count). The highest BCUT2D eigenvalue weighted by molar-refractivity contribution is 5.96. The van der Waals surface area contributed by atoms with Crippen molar-refractivity contribution in [3.05, 3.63) is 33.7 Å². The SMILES string of the molecule is C[C@H](CC1CCC1)C(=O)N1CC[C@@]2(O)Cn3cc(c(C4CC4)cc3=O)C(=O)N3CCNCC34CCC2(C1)C4. The molecular weight excluding hydrogens is 480 g/mol. The fraction of sp³-hybridized carbons (Fsp3) is 0.767. The number of piperazine rings is 1. The molecule has 2 N–H and O–H groups in total. The van der Waals surface area contributed by atoms with Crippen molar-refractivity contribution in [2.45, 2.75) is 94.7 Å². The molecule has 206 valence electrons. The van der Waals surface area contributed by atoms with Gasteiger partial charge in [0.1, 0.15) is 0 Å². The van der Waals surface area contributed by atoms with Crippen LogP contribution >= 0.6 is 0 Å². The van der Waals surface area contributed by atoms with E-state index in [9.17, 15) is 19.5 Å². The Kier molecular flexibility index (Phi) is 5.65. The molecule has 38 heavy (non-hydrogen) atoms. The molecule has 3 aliphatic heterocycles. The summed E-state index contributed by atoms with van der Waals surface area (Å²) in [6.45, 7) is 5.34. The number of fused-ring (bicyclic) bond motifs is 2. The van der Waals surface area contributed by atoms with E-state index in [1.165, 1.54) is 19.3 Å². The number of nitrogens with zero attached hydrogens (tertiary/aromatic N) is 3. The smallest absolute Gasteiger partial charge is 0.256 e. The lowest BCUT2D eigenvalue weighted by Crippen LogP contribution is -2.67. The van der Waals surface area contributed by atoms with E-state index in [2.05, 4.69) is 17.1 Å². The van der Waals surface area contributed by atoms with Gasteiger partial charge in [-0.2, -0.15) is 0 Å². The zero-order chi connectivity index (χ0) is 26.3. The van der Waals surface area contributed by atoms with Gasteiger partial charge in [-0.15, -0.1) is 0 Å². The number of likely N-dealkylation sites (tertiary alicyclic amines) is 1. The molecule has 5 fully saturated rings. The van der Waals surface area contributed by atoms with Gasteiger partial charge in [-0.25, -0.2) is 0 Å². The third-order valence-corrected chi connectivity index (χ3v) is 11.3. The van der Waals surface area contributed by atoms with Crippen molar-refractivity contribution in [3.63, 3.8) is 0 Å². The first-order chi connectivity index (χ1) is 18.2. The van der Waals surface area contributed by atoms with Crippen LogP contribution in [0, 0.1) is 17.3 Å². The standard InChI is InChI=1S/C30H42N4O4/c1-20(13-21-3-2-4-21)26(36)32-11-9-30(38)19-33-15-24(23(14-25(33)35)22-5-6-22)27(37)34-12-10-31-17-29(34)8-7-28(30,16-29)18-32/h14-15,20-22,31,38H,2-13,16-19H2,1H3/t20-,28?,29?,30-/m1/s1. The Morgan fingerprint density at radius 1 is 1.13 bits per heavy atom. The second-order valence-electron chi connectivity index (χ2n) is 13.7. The summed E-state index contributed by atoms with van der Waals surface area (Å²) in [5, 5.41) is 16.0. The number of rotatable bonds is 4. The van der Waals surface area contributed by atoms with Crippen molar-refractivity contribution in [2.75, 3.05) is 32.7 Å². The van der Waals surface area contributed by atoms with E-state index in [1.54, 1.807) is 16.8 Å². The minimum atomic E-state index is -1.11. The van der Waals surface area contributed by atoms with Crippen LogP contribution in [-0.4, -0.2) is 75.2 Å². The van der Waals surface area contributed by atoms with Gasteiger partial charge in [0.25, 0.3) is 11.5 Å². The highest BCUT2D eigenvalue weighted by Gasteiger charge is 2.64. The summed E-state index contributed by atoms with van der Waals surface area (Å²) in [7, 11) is 0. The molecule has 2 saturated heterocycles. The Morgan fingerprint density at radius 3 is 2.68 bits per heavy atom. The highest BCUT2D eigenvalue weighted by atomic mass is 16.3. The predicted octanol–water partition coefficient (Wildman–Crippen LogP) is 2.48. The van der Waals surface area contributed by atoms with Crippen LogP contribution in [0.3, 0.4) is 0 Å². The minimum Gasteiger partial charge on any atom is -0.387 e. The molecule has 3 saturated carbocycles. The van der Waals surface area contributed by atoms with Crippen molar-refractivity contribution < 1.29 is 14.7 Å². The Bertz CT molecular complexity index is 1220. The van der Waals surface area contributed by atoms with E-state index in [4.69, 9.17) is 0 Å². The lowest BCUT2D eigenvalue weighted by molar-refractivity contribution is -0.166. The monoisotopic (exact) mass is 522 g/mol. The van der Waals surface area contributed by atoms with Crippen molar-refractivity contribution in [1.29, 1.82) is 0 Å². The summed E-state index contributed by atoms with van der Waals surface area (Å²) in [4.78, 5) is 45.2. The maximum absolute atomic E-state index is 14.2. The largest absolute Gasteiger partial charge is 0.387 e. The first kappa shape index (κ1) is 24.8. The van der Waals surface area contributed by atoms with Gasteiger partial charge in [-0.3, -0.25) is 14.4 Å². The summed E-state index contributed by atoms with van der Waals surface area (Å²) >= 11 is 0. The average Bonchev–Trinajstić information content (AvgIpc) is 3.66. The summed E-state index contributed by atoms with van der Waals surface area (Å²) in [6.07, 6.45) is 11.2. The first-order valence-corrected chi connectivity index (χ1v) is 15.0. The van der Waals surface area contributed by atoms with Crippen molar-refractivity contribution in [3.8, 4) is 0 Å². The molecule has 6 aliphatic rings. The Hall–Kier alpha value is -2.19. The average molecular weight is 523 g/mol. The van der Waals surface area contributed by atoms with Gasteiger partial charge in [0.2, 0.25) is 5.91 Å². The number of pyridine rings is 1. The van der Waals surface area contributed by atoms with Crippen LogP contribution < -0.4 is 10.9 Å². The molecule has 4 heterocycles. The van der Waals surface area contributed by atoms with E-state index in [-0.39, 0.29) is 35.4 Å². The van der Waals surface area contributed by atoms with Crippen LogP contribution in [0.1, 0.15) is 93.0 Å². The molecule has 2 unspecified atom stereocenters. The van der Waals surface area contributed by atoms with Crippen LogP contribution in [-0.2, 0) is 11.3 Å². The fourth-order valence-electron chi connectivity index (χ4n) is 8.66. The molecule has 0 aromatic carbocycles. The van der Waals surface area contributed by atoms with Crippen molar-refractivity contribution >= 4 is 11.8 Å². The zero-order valence-corrected chi connectivity index (χ0v) is 22.7. The van der Waals surface area contributed by atoms with Crippen LogP contribution in [0.2, 0.25) is 0 Å². The predicted molar refractivity (Wildman–Crippen MR) is 143 cm³/mol. The van der Waals surface area contributed by atoms with Gasteiger partial charge >= 0.3 is 0 Å². The number of nitrogens with one attached hydrogen (secondary N) is 1. The molecular formula is C30H42N4O4. The first-order valence-electron chi connectivity index (χ1n) is 15.0. The minimum absolute atomic E-state index is 0.00707. The number of amides is 2. The van der Waals surface area contributed by atoms with E-state index in [0.29, 0.717) is 56.4 Å². The van der Waals surface area contributed by atoms with Crippen LogP contribution in [0.4, 0.5) is 0 Å². The quantitative estimate of drug-likeness (QED) is 0.634. The summed E-state index contributed by atoms with van der Waals surface area (Å²) in [6, 6.07) is 1.67. The Balaban J connectivity index is 1.28. The fourth-order valence-corrected chi connectivity index (χ4v) is 8.66. The number of aromatic nitrogens is 1. The molecule has 4 bridgehead atoms. The zero-order valence-electron chi connectivity index (χ0n) is 22.7. The summed E-state index contributed by atoms with van der Waals surface area (Å²) < 4.78 is 1.60. The van der Waals surface area contributed by atoms with Gasteiger partial charge in [0.15, 0.2) is 0 Å². The van der Waals surface area contributed by atoms with Gasteiger partial charge in [-0.1, -0.05) is 26.2 Å². The molecule has 2 amide bonds. The molecule has 2 spiro atoms. The highest BCUT2D eigenvalue weighted by Crippen LogP contribution is 2.57. The molecule has 8 nitrogen and oxygen atoms in total. The van der Waals surface area contributed by atoms with Gasteiger partial charge < -0.3 is 24.8 Å². The molecule has 1 aromatic rings. The second-order valence-corrected chi connectivity index (χ2v) is 13.7. The third-order valence-electron chi connectivity index (χ3n) is 11.3. The number of carbonyl (C=O) groups excluding carboxylic acids is 2. The maximum Gasteiger partial charge on any atom is 0.256 e. The third kappa shape index (κ3) is 3.73. The maximum atomic E-state index is 14.2. The van der Waals surface area contributed by atoms with Crippen molar-refractivity contribution in [1.82, 2.24) is 19.7 Å². The van der Waals surface area contributed by atoms with Crippen LogP contribution in [0.25, 0.3) is 0 Å². The summed E-state index contributed by atoms with van der Waals surface area (Å²) in [5.41, 5.74) is -0.649. The molecule has 0 radical (unpaired) electrons. The number of hydrogen-bond acceptors (Lipinski definition) is 5. The van der Waals surface area contributed by atoms with Crippen LogP contribution in [0.15, 0.2) is 17.1 Å². The van der Waals surface area contributed by atoms with E-state index in [1.807, 2.05) is 4.90 Å². The van der Waals surface area contributed by atoms with Gasteiger partial charge in [0, 0.05) is 56.3 Å². The number of hydrogen-bond donors (Lipinski definition) is 2. The summed E-state index contributed by atoms with van der Waals surface area (Å²) in [5.74, 6) is 1.19. The molecule has 3 aliphatic carbocycles. The van der Waals surface area contributed by atoms with Crippen molar-refractivity contribution in [2.24, 2.45) is 17.3 Å².